The lowest BCUT2D eigenvalue weighted by molar-refractivity contribution is -0.384. The average molecular weight is 273 g/mol. The van der Waals surface area contributed by atoms with E-state index >= 15 is 0 Å². The van der Waals surface area contributed by atoms with Crippen LogP contribution >= 0.6 is 0 Å². The Kier molecular flexibility index (Phi) is 3.90. The van der Waals surface area contributed by atoms with Gasteiger partial charge in [-0.05, 0) is 17.7 Å². The molecule has 2 aromatic rings. The number of aromatic carboxylic acids is 1. The number of non-ortho nitro benzene ring substituents is 1. The lowest BCUT2D eigenvalue weighted by Gasteiger charge is -2.06. The van der Waals surface area contributed by atoms with Gasteiger partial charge in [-0.25, -0.2) is 9.78 Å². The fraction of sp³-hybridized carbons (Fsp3) is 0.0769. The average Bonchev–Trinajstić information content (AvgIpc) is 2.45. The summed E-state index contributed by atoms with van der Waals surface area (Å²) in [6.45, 7) is 0.317. The molecule has 0 spiro atoms. The topological polar surface area (TPSA) is 105 Å². The van der Waals surface area contributed by atoms with Crippen molar-refractivity contribution in [3.05, 3.63) is 63.8 Å². The van der Waals surface area contributed by atoms with Crippen molar-refractivity contribution >= 4 is 17.5 Å². The molecule has 2 N–H and O–H groups in total. The summed E-state index contributed by atoms with van der Waals surface area (Å²) >= 11 is 0. The highest BCUT2D eigenvalue weighted by Gasteiger charge is 2.07. The lowest BCUT2D eigenvalue weighted by atomic mass is 10.2. The molecule has 1 heterocycles. The van der Waals surface area contributed by atoms with E-state index < -0.39 is 10.9 Å². The smallest absolute Gasteiger partial charge is 0.354 e. The molecule has 0 amide bonds. The molecular weight excluding hydrogens is 262 g/mol. The van der Waals surface area contributed by atoms with Crippen LogP contribution in [0.4, 0.5) is 11.5 Å². The minimum atomic E-state index is -1.11. The van der Waals surface area contributed by atoms with E-state index in [1.807, 2.05) is 0 Å². The second-order valence-corrected chi connectivity index (χ2v) is 3.99. The highest BCUT2D eigenvalue weighted by molar-refractivity contribution is 5.85. The number of carbonyl (C=O) groups is 1. The molecule has 0 aliphatic heterocycles. The highest BCUT2D eigenvalue weighted by atomic mass is 16.6. The molecule has 7 nitrogen and oxygen atoms in total. The second kappa shape index (κ2) is 5.79. The van der Waals surface area contributed by atoms with Crippen LogP contribution in [0.25, 0.3) is 0 Å². The van der Waals surface area contributed by atoms with Gasteiger partial charge in [-0.1, -0.05) is 18.2 Å². The number of nitro benzene ring substituents is 1. The summed E-state index contributed by atoms with van der Waals surface area (Å²) in [7, 11) is 0. The number of benzene rings is 1. The van der Waals surface area contributed by atoms with E-state index in [1.165, 1.54) is 18.2 Å². The van der Waals surface area contributed by atoms with Crippen LogP contribution in [0.3, 0.4) is 0 Å². The van der Waals surface area contributed by atoms with E-state index in [0.717, 1.165) is 0 Å². The van der Waals surface area contributed by atoms with Gasteiger partial charge in [-0.2, -0.15) is 0 Å². The van der Waals surface area contributed by atoms with Crippen LogP contribution < -0.4 is 5.32 Å². The fourth-order valence-corrected chi connectivity index (χ4v) is 1.62. The normalized spacial score (nSPS) is 10.0. The van der Waals surface area contributed by atoms with Crippen molar-refractivity contribution in [2.45, 2.75) is 6.54 Å². The Labute approximate surface area is 114 Å². The summed E-state index contributed by atoms with van der Waals surface area (Å²) < 4.78 is 0. The third-order valence-corrected chi connectivity index (χ3v) is 2.56. The quantitative estimate of drug-likeness (QED) is 0.639. The van der Waals surface area contributed by atoms with Crippen molar-refractivity contribution in [2.24, 2.45) is 0 Å². The molecule has 0 aliphatic carbocycles. The van der Waals surface area contributed by atoms with Crippen molar-refractivity contribution in [1.29, 1.82) is 0 Å². The maximum atomic E-state index is 10.8. The molecule has 2 rings (SSSR count). The number of hydrogen-bond acceptors (Lipinski definition) is 5. The second-order valence-electron chi connectivity index (χ2n) is 3.99. The Morgan fingerprint density at radius 3 is 2.75 bits per heavy atom. The van der Waals surface area contributed by atoms with E-state index in [9.17, 15) is 14.9 Å². The number of anilines is 1. The fourth-order valence-electron chi connectivity index (χ4n) is 1.62. The summed E-state index contributed by atoms with van der Waals surface area (Å²) in [6, 6.07) is 10.8. The molecule has 102 valence electrons. The predicted octanol–water partition coefficient (Wildman–Crippen LogP) is 2.30. The summed E-state index contributed by atoms with van der Waals surface area (Å²) in [6.07, 6.45) is 0. The third kappa shape index (κ3) is 3.29. The first-order chi connectivity index (χ1) is 9.56. The molecule has 0 fully saturated rings. The number of carboxylic acid groups (broad SMARTS) is 1. The molecule has 0 saturated carbocycles. The molecule has 1 aromatic carbocycles. The lowest BCUT2D eigenvalue weighted by Crippen LogP contribution is -2.05. The Balaban J connectivity index is 2.08. The number of nitrogens with one attached hydrogen (secondary N) is 1. The Bertz CT molecular complexity index is 600. The Morgan fingerprint density at radius 1 is 1.30 bits per heavy atom. The molecule has 20 heavy (non-hydrogen) atoms. The van der Waals surface area contributed by atoms with Crippen molar-refractivity contribution in [3.63, 3.8) is 0 Å². The number of nitro groups is 1. The maximum absolute atomic E-state index is 10.8. The number of carboxylic acids is 1. The molecule has 7 heteroatoms. The van der Waals surface area contributed by atoms with Gasteiger partial charge >= 0.3 is 5.97 Å². The summed E-state index contributed by atoms with van der Waals surface area (Å²) in [4.78, 5) is 24.9. The van der Waals surface area contributed by atoms with Crippen LogP contribution in [0.15, 0.2) is 42.5 Å². The number of nitrogens with zero attached hydrogens (tertiary/aromatic N) is 2. The standard InChI is InChI=1S/C13H11N3O4/c17-13(18)11-5-2-6-12(15-11)14-8-9-3-1-4-10(7-9)16(19)20/h1-7H,8H2,(H,14,15)(H,17,18). The van der Waals surface area contributed by atoms with Crippen LogP contribution in [0.5, 0.6) is 0 Å². The van der Waals surface area contributed by atoms with Crippen LogP contribution in [0.2, 0.25) is 0 Å². The summed E-state index contributed by atoms with van der Waals surface area (Å²) in [5.74, 6) is -0.708. The van der Waals surface area contributed by atoms with E-state index in [-0.39, 0.29) is 11.4 Å². The first kappa shape index (κ1) is 13.5. The van der Waals surface area contributed by atoms with Gasteiger partial charge in [0.15, 0.2) is 5.69 Å². The van der Waals surface area contributed by atoms with E-state index in [4.69, 9.17) is 5.11 Å². The van der Waals surface area contributed by atoms with E-state index in [0.29, 0.717) is 17.9 Å². The van der Waals surface area contributed by atoms with Crippen molar-refractivity contribution < 1.29 is 14.8 Å². The maximum Gasteiger partial charge on any atom is 0.354 e. The molecule has 0 radical (unpaired) electrons. The first-order valence-corrected chi connectivity index (χ1v) is 5.74. The van der Waals surface area contributed by atoms with Gasteiger partial charge in [0, 0.05) is 18.7 Å². The van der Waals surface area contributed by atoms with Crippen molar-refractivity contribution in [1.82, 2.24) is 4.98 Å². The van der Waals surface area contributed by atoms with Crippen LogP contribution in [-0.4, -0.2) is 21.0 Å². The SMILES string of the molecule is O=C(O)c1cccc(NCc2cccc([N+](=O)[O-])c2)n1. The number of hydrogen-bond donors (Lipinski definition) is 2. The zero-order valence-corrected chi connectivity index (χ0v) is 10.3. The number of rotatable bonds is 5. The summed E-state index contributed by atoms with van der Waals surface area (Å²) in [5, 5.41) is 22.4. The largest absolute Gasteiger partial charge is 0.477 e. The predicted molar refractivity (Wildman–Crippen MR) is 71.6 cm³/mol. The monoisotopic (exact) mass is 273 g/mol. The minimum absolute atomic E-state index is 0.0107. The van der Waals surface area contributed by atoms with Crippen molar-refractivity contribution in [2.75, 3.05) is 5.32 Å². The van der Waals surface area contributed by atoms with Gasteiger partial charge in [0.05, 0.1) is 4.92 Å². The van der Waals surface area contributed by atoms with Gasteiger partial charge in [-0.3, -0.25) is 10.1 Å². The Morgan fingerprint density at radius 2 is 2.05 bits per heavy atom. The molecular formula is C13H11N3O4. The zero-order valence-electron chi connectivity index (χ0n) is 10.3. The number of pyridine rings is 1. The molecule has 0 aliphatic rings. The van der Waals surface area contributed by atoms with Gasteiger partial charge in [0.2, 0.25) is 0 Å². The number of aromatic nitrogens is 1. The van der Waals surface area contributed by atoms with Gasteiger partial charge in [-0.15, -0.1) is 0 Å². The zero-order chi connectivity index (χ0) is 14.5. The van der Waals surface area contributed by atoms with Gasteiger partial charge < -0.3 is 10.4 Å². The van der Waals surface area contributed by atoms with Crippen molar-refractivity contribution in [3.8, 4) is 0 Å². The molecule has 0 unspecified atom stereocenters. The van der Waals surface area contributed by atoms with Gasteiger partial charge in [0.25, 0.3) is 5.69 Å². The third-order valence-electron chi connectivity index (χ3n) is 2.56. The first-order valence-electron chi connectivity index (χ1n) is 5.74. The molecule has 1 aromatic heterocycles. The van der Waals surface area contributed by atoms with Gasteiger partial charge in [0.1, 0.15) is 5.82 Å². The molecule has 0 atom stereocenters. The molecule has 0 bridgehead atoms. The Hall–Kier alpha value is -2.96. The molecule has 0 saturated heterocycles. The minimum Gasteiger partial charge on any atom is -0.477 e. The highest BCUT2D eigenvalue weighted by Crippen LogP contribution is 2.14. The van der Waals surface area contributed by atoms with E-state index in [2.05, 4.69) is 10.3 Å². The summed E-state index contributed by atoms with van der Waals surface area (Å²) in [5.41, 5.74) is 0.660. The van der Waals surface area contributed by atoms with Crippen LogP contribution in [0.1, 0.15) is 16.1 Å². The van der Waals surface area contributed by atoms with Crippen LogP contribution in [0, 0.1) is 10.1 Å². The van der Waals surface area contributed by atoms with E-state index in [1.54, 1.807) is 24.3 Å². The van der Waals surface area contributed by atoms with Crippen LogP contribution in [-0.2, 0) is 6.54 Å².